The van der Waals surface area contributed by atoms with Gasteiger partial charge in [-0.1, -0.05) is 42.0 Å². The predicted molar refractivity (Wildman–Crippen MR) is 117 cm³/mol. The van der Waals surface area contributed by atoms with Crippen LogP contribution in [0.15, 0.2) is 77.7 Å². The second-order valence-electron chi connectivity index (χ2n) is 6.98. The van der Waals surface area contributed by atoms with E-state index in [4.69, 9.17) is 15.2 Å². The molecule has 0 saturated heterocycles. The summed E-state index contributed by atoms with van der Waals surface area (Å²) in [5, 5.41) is 0. The summed E-state index contributed by atoms with van der Waals surface area (Å²) < 4.78 is 39.4. The summed E-state index contributed by atoms with van der Waals surface area (Å²) in [4.78, 5) is 0.188. The fourth-order valence-electron chi connectivity index (χ4n) is 3.13. The molecular weight excluding hydrogens is 400 g/mol. The minimum absolute atomic E-state index is 0.188. The largest absolute Gasteiger partial charge is 0.497 e. The topological polar surface area (TPSA) is 90.6 Å². The number of methoxy groups -OCH3 is 2. The van der Waals surface area contributed by atoms with E-state index in [0.29, 0.717) is 11.5 Å². The zero-order valence-electron chi connectivity index (χ0n) is 17.2. The van der Waals surface area contributed by atoms with Gasteiger partial charge in [0.05, 0.1) is 31.2 Å². The lowest BCUT2D eigenvalue weighted by Gasteiger charge is -2.26. The molecule has 3 rings (SSSR count). The highest BCUT2D eigenvalue weighted by Gasteiger charge is 2.27. The van der Waals surface area contributed by atoms with Gasteiger partial charge in [-0.25, -0.2) is 13.1 Å². The quantitative estimate of drug-likeness (QED) is 0.573. The number of benzene rings is 3. The Balaban J connectivity index is 1.98. The first kappa shape index (κ1) is 21.8. The molecule has 158 valence electrons. The van der Waals surface area contributed by atoms with E-state index in [9.17, 15) is 8.42 Å². The fourth-order valence-corrected chi connectivity index (χ4v) is 4.38. The van der Waals surface area contributed by atoms with Crippen LogP contribution in [0.3, 0.4) is 0 Å². The summed E-state index contributed by atoms with van der Waals surface area (Å²) >= 11 is 0. The summed E-state index contributed by atoms with van der Waals surface area (Å²) in [6.07, 6.45) is 0. The van der Waals surface area contributed by atoms with E-state index in [0.717, 1.165) is 16.7 Å². The standard InChI is InChI=1S/C23H26N2O4S/c1-16-4-14-21(15-5-16)30(26,27)25-23(18-8-12-20(29-3)13-9-18)22(24)17-6-10-19(28-2)11-7-17/h4-15,22-23,25H,24H2,1-3H3/t22-,23-/m1/s1. The molecule has 6 nitrogen and oxygen atoms in total. The molecule has 0 bridgehead atoms. The van der Waals surface area contributed by atoms with Crippen LogP contribution in [-0.2, 0) is 10.0 Å². The molecule has 0 aromatic heterocycles. The Bertz CT molecular complexity index is 1060. The number of ether oxygens (including phenoxy) is 2. The second kappa shape index (κ2) is 9.30. The first-order chi connectivity index (χ1) is 14.3. The van der Waals surface area contributed by atoms with Crippen LogP contribution in [0.4, 0.5) is 0 Å². The number of sulfonamides is 1. The number of hydrogen-bond acceptors (Lipinski definition) is 5. The van der Waals surface area contributed by atoms with Crippen LogP contribution >= 0.6 is 0 Å². The number of rotatable bonds is 8. The number of nitrogens with two attached hydrogens (primary N) is 1. The minimum atomic E-state index is -3.79. The minimum Gasteiger partial charge on any atom is -0.497 e. The molecule has 0 aliphatic rings. The van der Waals surface area contributed by atoms with Crippen molar-refractivity contribution in [2.24, 2.45) is 5.73 Å². The molecule has 0 radical (unpaired) electrons. The van der Waals surface area contributed by atoms with Crippen LogP contribution < -0.4 is 19.9 Å². The Morgan fingerprint density at radius 3 is 1.70 bits per heavy atom. The maximum atomic E-state index is 13.1. The number of aryl methyl sites for hydroxylation is 1. The van der Waals surface area contributed by atoms with Crippen molar-refractivity contribution in [3.63, 3.8) is 0 Å². The monoisotopic (exact) mass is 426 g/mol. The zero-order chi connectivity index (χ0) is 21.7. The first-order valence-corrected chi connectivity index (χ1v) is 10.9. The van der Waals surface area contributed by atoms with Crippen molar-refractivity contribution in [1.82, 2.24) is 4.72 Å². The third-order valence-corrected chi connectivity index (χ3v) is 6.41. The van der Waals surface area contributed by atoms with Crippen LogP contribution in [0.2, 0.25) is 0 Å². The van der Waals surface area contributed by atoms with Crippen molar-refractivity contribution in [3.05, 3.63) is 89.5 Å². The van der Waals surface area contributed by atoms with Crippen LogP contribution in [-0.4, -0.2) is 22.6 Å². The fraction of sp³-hybridized carbons (Fsp3) is 0.217. The molecule has 2 atom stereocenters. The molecule has 3 N–H and O–H groups in total. The van der Waals surface area contributed by atoms with E-state index in [1.165, 1.54) is 0 Å². The van der Waals surface area contributed by atoms with E-state index in [-0.39, 0.29) is 4.90 Å². The molecule has 0 saturated carbocycles. The van der Waals surface area contributed by atoms with Crippen LogP contribution in [0.1, 0.15) is 28.8 Å². The molecule has 3 aromatic carbocycles. The van der Waals surface area contributed by atoms with E-state index < -0.39 is 22.1 Å². The first-order valence-electron chi connectivity index (χ1n) is 9.46. The highest BCUT2D eigenvalue weighted by Crippen LogP contribution is 2.31. The molecule has 0 aliphatic heterocycles. The third-order valence-electron chi connectivity index (χ3n) is 4.95. The van der Waals surface area contributed by atoms with Gasteiger partial charge >= 0.3 is 0 Å². The van der Waals surface area contributed by atoms with Gasteiger partial charge in [0.25, 0.3) is 0 Å². The van der Waals surface area contributed by atoms with Gasteiger partial charge in [-0.15, -0.1) is 0 Å². The summed E-state index contributed by atoms with van der Waals surface area (Å²) in [6, 6.07) is 19.8. The number of hydrogen-bond donors (Lipinski definition) is 2. The van der Waals surface area contributed by atoms with E-state index in [2.05, 4.69) is 4.72 Å². The van der Waals surface area contributed by atoms with Gasteiger partial charge in [-0.05, 0) is 54.4 Å². The molecule has 0 heterocycles. The van der Waals surface area contributed by atoms with Gasteiger partial charge < -0.3 is 15.2 Å². The second-order valence-corrected chi connectivity index (χ2v) is 8.70. The molecule has 0 amide bonds. The summed E-state index contributed by atoms with van der Waals surface area (Å²) in [7, 11) is -0.625. The average molecular weight is 427 g/mol. The molecule has 30 heavy (non-hydrogen) atoms. The van der Waals surface area contributed by atoms with Crippen molar-refractivity contribution in [1.29, 1.82) is 0 Å². The van der Waals surface area contributed by atoms with Gasteiger partial charge in [-0.3, -0.25) is 0 Å². The molecule has 3 aromatic rings. The molecule has 0 fully saturated rings. The van der Waals surface area contributed by atoms with Crippen LogP contribution in [0.5, 0.6) is 11.5 Å². The normalized spacial score (nSPS) is 13.5. The highest BCUT2D eigenvalue weighted by molar-refractivity contribution is 7.89. The molecule has 0 aliphatic carbocycles. The van der Waals surface area contributed by atoms with E-state index in [1.54, 1.807) is 62.8 Å². The Morgan fingerprint density at radius 1 is 0.767 bits per heavy atom. The highest BCUT2D eigenvalue weighted by atomic mass is 32.2. The third kappa shape index (κ3) is 4.99. The Labute approximate surface area is 177 Å². The maximum absolute atomic E-state index is 13.1. The SMILES string of the molecule is COc1ccc([C@@H](N)[C@H](NS(=O)(=O)c2ccc(C)cc2)c2ccc(OC)cc2)cc1. The molecule has 0 spiro atoms. The van der Waals surface area contributed by atoms with Gasteiger partial charge in [0.2, 0.25) is 10.0 Å². The van der Waals surface area contributed by atoms with Crippen molar-refractivity contribution >= 4 is 10.0 Å². The van der Waals surface area contributed by atoms with Crippen LogP contribution in [0.25, 0.3) is 0 Å². The molecule has 7 heteroatoms. The van der Waals surface area contributed by atoms with Gasteiger partial charge in [-0.2, -0.15) is 0 Å². The van der Waals surface area contributed by atoms with Crippen molar-refractivity contribution in [3.8, 4) is 11.5 Å². The Morgan fingerprint density at radius 2 is 1.23 bits per heavy atom. The Kier molecular flexibility index (Phi) is 6.77. The zero-order valence-corrected chi connectivity index (χ0v) is 18.0. The summed E-state index contributed by atoms with van der Waals surface area (Å²) in [6.45, 7) is 1.91. The van der Waals surface area contributed by atoms with Crippen molar-refractivity contribution in [2.75, 3.05) is 14.2 Å². The van der Waals surface area contributed by atoms with Gasteiger partial charge in [0, 0.05) is 0 Å². The van der Waals surface area contributed by atoms with Gasteiger partial charge in [0.15, 0.2) is 0 Å². The van der Waals surface area contributed by atoms with E-state index >= 15 is 0 Å². The average Bonchev–Trinajstić information content (AvgIpc) is 2.77. The smallest absolute Gasteiger partial charge is 0.241 e. The Hall–Kier alpha value is -2.87. The van der Waals surface area contributed by atoms with E-state index in [1.807, 2.05) is 31.2 Å². The molecule has 0 unspecified atom stereocenters. The maximum Gasteiger partial charge on any atom is 0.241 e. The summed E-state index contributed by atoms with van der Waals surface area (Å²) in [5.74, 6) is 1.38. The lowest BCUT2D eigenvalue weighted by molar-refractivity contribution is 0.413. The van der Waals surface area contributed by atoms with Crippen molar-refractivity contribution < 1.29 is 17.9 Å². The molecular formula is C23H26N2O4S. The predicted octanol–water partition coefficient (Wildman–Crippen LogP) is 3.73. The van der Waals surface area contributed by atoms with Gasteiger partial charge in [0.1, 0.15) is 11.5 Å². The lowest BCUT2D eigenvalue weighted by Crippen LogP contribution is -2.36. The lowest BCUT2D eigenvalue weighted by atomic mass is 9.95. The van der Waals surface area contributed by atoms with Crippen LogP contribution in [0, 0.1) is 6.92 Å². The van der Waals surface area contributed by atoms with Crippen molar-refractivity contribution in [2.45, 2.75) is 23.9 Å². The summed E-state index contributed by atoms with van der Waals surface area (Å²) in [5.41, 5.74) is 9.04. The number of nitrogens with one attached hydrogen (secondary N) is 1.